The smallest absolute Gasteiger partial charge is 0.354 e. The zero-order valence-electron chi connectivity index (χ0n) is 14.7. The number of aromatic nitrogens is 1. The molecule has 2 heterocycles. The molecule has 0 bridgehead atoms. The topological polar surface area (TPSA) is 45.2 Å². The van der Waals surface area contributed by atoms with Gasteiger partial charge in [0.2, 0.25) is 0 Å². The van der Waals surface area contributed by atoms with Gasteiger partial charge in [0.25, 0.3) is 5.91 Å². The average molecular weight is 398 g/mol. The van der Waals surface area contributed by atoms with E-state index >= 15 is 0 Å². The van der Waals surface area contributed by atoms with E-state index in [1.54, 1.807) is 11.0 Å². The number of anilines is 2. The van der Waals surface area contributed by atoms with Gasteiger partial charge in [-0.3, -0.25) is 9.78 Å². The van der Waals surface area contributed by atoms with E-state index in [9.17, 15) is 18.0 Å². The third-order valence-electron chi connectivity index (χ3n) is 4.49. The zero-order valence-corrected chi connectivity index (χ0v) is 15.4. The van der Waals surface area contributed by atoms with E-state index in [4.69, 9.17) is 11.6 Å². The zero-order chi connectivity index (χ0) is 19.6. The number of carbonyl (C=O) groups is 1. The van der Waals surface area contributed by atoms with Crippen LogP contribution in [0.1, 0.15) is 35.7 Å². The van der Waals surface area contributed by atoms with E-state index in [0.717, 1.165) is 18.9 Å². The summed E-state index contributed by atoms with van der Waals surface area (Å²) in [4.78, 5) is 18.5. The van der Waals surface area contributed by atoms with Crippen molar-refractivity contribution in [2.75, 3.05) is 18.4 Å². The Morgan fingerprint density at radius 1 is 1.26 bits per heavy atom. The number of nitrogens with zero attached hydrogens (tertiary/aromatic N) is 2. The molecule has 2 aromatic rings. The van der Waals surface area contributed by atoms with E-state index in [0.29, 0.717) is 30.3 Å². The third-order valence-corrected chi connectivity index (χ3v) is 4.82. The van der Waals surface area contributed by atoms with Crippen molar-refractivity contribution in [2.24, 2.45) is 5.92 Å². The molecule has 1 amide bonds. The fourth-order valence-corrected chi connectivity index (χ4v) is 3.39. The van der Waals surface area contributed by atoms with Gasteiger partial charge in [0, 0.05) is 25.0 Å². The number of nitrogens with one attached hydrogen (secondary N) is 1. The summed E-state index contributed by atoms with van der Waals surface area (Å²) in [6.07, 6.45) is 0.439. The maximum absolute atomic E-state index is 13.0. The minimum Gasteiger partial charge on any atom is -0.354 e. The Morgan fingerprint density at radius 2 is 2.04 bits per heavy atom. The largest absolute Gasteiger partial charge is 0.417 e. The van der Waals surface area contributed by atoms with Gasteiger partial charge in [-0.1, -0.05) is 18.5 Å². The van der Waals surface area contributed by atoms with Crippen molar-refractivity contribution in [1.82, 2.24) is 9.88 Å². The number of piperidine rings is 1. The second-order valence-electron chi connectivity index (χ2n) is 6.78. The molecule has 1 atom stereocenters. The lowest BCUT2D eigenvalue weighted by Crippen LogP contribution is -2.39. The van der Waals surface area contributed by atoms with Gasteiger partial charge in [-0.2, -0.15) is 13.2 Å². The Labute approximate surface area is 160 Å². The number of pyridine rings is 1. The van der Waals surface area contributed by atoms with Crippen molar-refractivity contribution in [3.63, 3.8) is 0 Å². The number of hydrogen-bond donors (Lipinski definition) is 1. The van der Waals surface area contributed by atoms with Gasteiger partial charge in [0.1, 0.15) is 0 Å². The van der Waals surface area contributed by atoms with Crippen LogP contribution in [0.5, 0.6) is 0 Å². The highest BCUT2D eigenvalue weighted by atomic mass is 35.5. The molecule has 1 unspecified atom stereocenters. The van der Waals surface area contributed by atoms with Crippen LogP contribution in [-0.2, 0) is 6.18 Å². The van der Waals surface area contributed by atoms with Crippen LogP contribution in [0.4, 0.5) is 24.5 Å². The van der Waals surface area contributed by atoms with Crippen LogP contribution >= 0.6 is 11.6 Å². The summed E-state index contributed by atoms with van der Waals surface area (Å²) >= 11 is 5.64. The fraction of sp³-hybridized carbons (Fsp3) is 0.368. The minimum atomic E-state index is -4.55. The first-order valence-corrected chi connectivity index (χ1v) is 9.00. The summed E-state index contributed by atoms with van der Waals surface area (Å²) in [7, 11) is 0. The van der Waals surface area contributed by atoms with Crippen LogP contribution in [0.2, 0.25) is 5.02 Å². The summed E-state index contributed by atoms with van der Waals surface area (Å²) in [6.45, 7) is 3.50. The second-order valence-corrected chi connectivity index (χ2v) is 7.19. The first-order valence-electron chi connectivity index (χ1n) is 8.62. The molecule has 1 aromatic heterocycles. The number of rotatable bonds is 3. The summed E-state index contributed by atoms with van der Waals surface area (Å²) in [5.74, 6) is 0.330. The monoisotopic (exact) mass is 397 g/mol. The van der Waals surface area contributed by atoms with Crippen LogP contribution in [0.15, 0.2) is 36.7 Å². The van der Waals surface area contributed by atoms with Crippen LogP contribution in [0.3, 0.4) is 0 Å². The van der Waals surface area contributed by atoms with Crippen LogP contribution < -0.4 is 5.32 Å². The summed E-state index contributed by atoms with van der Waals surface area (Å²) in [5, 5.41) is 2.49. The molecule has 1 saturated heterocycles. The summed E-state index contributed by atoms with van der Waals surface area (Å²) in [6, 6.07) is 5.16. The maximum atomic E-state index is 13.0. The molecule has 1 N–H and O–H groups in total. The van der Waals surface area contributed by atoms with Gasteiger partial charge in [-0.25, -0.2) is 0 Å². The van der Waals surface area contributed by atoms with Gasteiger partial charge in [-0.15, -0.1) is 0 Å². The predicted octanol–water partition coefficient (Wildman–Crippen LogP) is 5.37. The molecule has 3 rings (SSSR count). The van der Waals surface area contributed by atoms with Crippen LogP contribution in [0.25, 0.3) is 0 Å². The van der Waals surface area contributed by atoms with E-state index in [2.05, 4.69) is 17.2 Å². The number of carbonyl (C=O) groups excluding carboxylic acids is 1. The molecule has 1 aliphatic heterocycles. The number of amides is 1. The number of halogens is 4. The van der Waals surface area contributed by atoms with Gasteiger partial charge in [0.15, 0.2) is 0 Å². The molecule has 144 valence electrons. The normalized spacial score (nSPS) is 17.7. The quantitative estimate of drug-likeness (QED) is 0.757. The maximum Gasteiger partial charge on any atom is 0.417 e. The number of benzene rings is 1. The SMILES string of the molecule is CC1CCCN(C(=O)c2cncc(Nc3ccc(Cl)c(C(F)(F)F)c3)c2)C1. The van der Waals surface area contributed by atoms with Gasteiger partial charge >= 0.3 is 6.18 Å². The molecule has 0 spiro atoms. The van der Waals surface area contributed by atoms with Crippen LogP contribution in [-0.4, -0.2) is 28.9 Å². The van der Waals surface area contributed by atoms with Crippen molar-refractivity contribution in [1.29, 1.82) is 0 Å². The highest BCUT2D eigenvalue weighted by molar-refractivity contribution is 6.31. The molecule has 1 aromatic carbocycles. The number of likely N-dealkylation sites (tertiary alicyclic amines) is 1. The van der Waals surface area contributed by atoms with Crippen molar-refractivity contribution >= 4 is 28.9 Å². The van der Waals surface area contributed by atoms with Crippen molar-refractivity contribution in [3.8, 4) is 0 Å². The Kier molecular flexibility index (Phi) is 5.60. The Bertz CT molecular complexity index is 841. The molecule has 1 aliphatic rings. The van der Waals surface area contributed by atoms with E-state index < -0.39 is 11.7 Å². The fourth-order valence-electron chi connectivity index (χ4n) is 3.17. The average Bonchev–Trinajstić information content (AvgIpc) is 2.62. The van der Waals surface area contributed by atoms with Gasteiger partial charge in [-0.05, 0) is 43.0 Å². The predicted molar refractivity (Wildman–Crippen MR) is 98.3 cm³/mol. The molecule has 4 nitrogen and oxygen atoms in total. The van der Waals surface area contributed by atoms with E-state index in [1.807, 2.05) is 0 Å². The number of hydrogen-bond acceptors (Lipinski definition) is 3. The number of alkyl halides is 3. The molecule has 8 heteroatoms. The molecule has 0 saturated carbocycles. The standard InChI is InChI=1S/C19H19ClF3N3O/c1-12-3-2-6-26(11-12)18(27)13-7-15(10-24-9-13)25-14-4-5-17(20)16(8-14)19(21,22)23/h4-5,7-10,12,25H,2-3,6,11H2,1H3. The molecular weight excluding hydrogens is 379 g/mol. The Morgan fingerprint density at radius 3 is 2.74 bits per heavy atom. The molecule has 0 radical (unpaired) electrons. The van der Waals surface area contributed by atoms with Crippen molar-refractivity contribution in [3.05, 3.63) is 52.8 Å². The van der Waals surface area contributed by atoms with E-state index in [1.165, 1.54) is 24.5 Å². The van der Waals surface area contributed by atoms with E-state index in [-0.39, 0.29) is 16.6 Å². The van der Waals surface area contributed by atoms with Gasteiger partial charge in [0.05, 0.1) is 28.0 Å². The molecule has 27 heavy (non-hydrogen) atoms. The Balaban J connectivity index is 1.79. The first kappa shape index (κ1) is 19.5. The molecule has 0 aliphatic carbocycles. The first-order chi connectivity index (χ1) is 12.7. The summed E-state index contributed by atoms with van der Waals surface area (Å²) in [5.41, 5.74) is 0.127. The highest BCUT2D eigenvalue weighted by Gasteiger charge is 2.33. The van der Waals surface area contributed by atoms with Crippen molar-refractivity contribution in [2.45, 2.75) is 25.9 Å². The minimum absolute atomic E-state index is 0.121. The lowest BCUT2D eigenvalue weighted by molar-refractivity contribution is -0.137. The van der Waals surface area contributed by atoms with Crippen LogP contribution in [0, 0.1) is 5.92 Å². The second kappa shape index (κ2) is 7.76. The van der Waals surface area contributed by atoms with Crippen molar-refractivity contribution < 1.29 is 18.0 Å². The lowest BCUT2D eigenvalue weighted by Gasteiger charge is -2.31. The third kappa shape index (κ3) is 4.71. The molecular formula is C19H19ClF3N3O. The summed E-state index contributed by atoms with van der Waals surface area (Å²) < 4.78 is 39.0. The Hall–Kier alpha value is -2.28. The molecule has 1 fully saturated rings. The van der Waals surface area contributed by atoms with Gasteiger partial charge < -0.3 is 10.2 Å². The highest BCUT2D eigenvalue weighted by Crippen LogP contribution is 2.36. The lowest BCUT2D eigenvalue weighted by atomic mass is 10.00.